The number of rotatable bonds is 12. The first-order valence-corrected chi connectivity index (χ1v) is 6.88. The van der Waals surface area contributed by atoms with Gasteiger partial charge in [0.25, 0.3) is 0 Å². The molecule has 13 heteroatoms. The van der Waals surface area contributed by atoms with Crippen molar-refractivity contribution in [2.24, 2.45) is 0 Å². The number of aliphatic carboxylic acids is 5. The van der Waals surface area contributed by atoms with E-state index in [0.29, 0.717) is 0 Å². The van der Waals surface area contributed by atoms with Crippen LogP contribution in [0.4, 0.5) is 0 Å². The minimum Gasteiger partial charge on any atom is -0.481 e. The van der Waals surface area contributed by atoms with Gasteiger partial charge in [0, 0.05) is 0 Å². The first kappa shape index (κ1) is 22.8. The molecule has 0 aliphatic carbocycles. The maximum atomic E-state index is 11.5. The Labute approximate surface area is 145 Å². The SMILES string of the molecule is COC(=O)CC(C(=O)O)N(C(CC(=O)O)C(=O)O)C(CC(=O)O)C(=O)O. The third-order valence-corrected chi connectivity index (χ3v) is 3.26. The molecule has 0 heterocycles. The summed E-state index contributed by atoms with van der Waals surface area (Å²) in [7, 11) is 0.892. The van der Waals surface area contributed by atoms with Crippen molar-refractivity contribution in [2.75, 3.05) is 7.11 Å². The predicted molar refractivity (Wildman–Crippen MR) is 77.2 cm³/mol. The molecule has 0 aromatic rings. The zero-order valence-electron chi connectivity index (χ0n) is 13.4. The van der Waals surface area contributed by atoms with Crippen molar-refractivity contribution >= 4 is 35.8 Å². The molecule has 5 N–H and O–H groups in total. The topological polar surface area (TPSA) is 216 Å². The summed E-state index contributed by atoms with van der Waals surface area (Å²) in [5, 5.41) is 45.4. The number of ether oxygens (including phenoxy) is 1. The van der Waals surface area contributed by atoms with Crippen LogP contribution in [0.15, 0.2) is 0 Å². The lowest BCUT2D eigenvalue weighted by molar-refractivity contribution is -0.167. The number of hydrogen-bond donors (Lipinski definition) is 5. The van der Waals surface area contributed by atoms with Gasteiger partial charge in [0.1, 0.15) is 18.1 Å². The van der Waals surface area contributed by atoms with E-state index in [4.69, 9.17) is 10.2 Å². The van der Waals surface area contributed by atoms with Gasteiger partial charge in [-0.1, -0.05) is 0 Å². The highest BCUT2D eigenvalue weighted by Crippen LogP contribution is 2.21. The Hall–Kier alpha value is -3.22. The first-order valence-electron chi connectivity index (χ1n) is 6.88. The fourth-order valence-electron chi connectivity index (χ4n) is 2.18. The number of carbonyl (C=O) groups excluding carboxylic acids is 1. The summed E-state index contributed by atoms with van der Waals surface area (Å²) in [5.41, 5.74) is 0. The summed E-state index contributed by atoms with van der Waals surface area (Å²) >= 11 is 0. The van der Waals surface area contributed by atoms with Crippen molar-refractivity contribution in [1.82, 2.24) is 4.90 Å². The minimum atomic E-state index is -2.22. The lowest BCUT2D eigenvalue weighted by Crippen LogP contribution is -2.59. The second kappa shape index (κ2) is 9.93. The van der Waals surface area contributed by atoms with E-state index in [1.54, 1.807) is 0 Å². The molecule has 0 aliphatic rings. The molecule has 0 bridgehead atoms. The van der Waals surface area contributed by atoms with E-state index in [9.17, 15) is 44.1 Å². The van der Waals surface area contributed by atoms with Crippen LogP contribution in [0.3, 0.4) is 0 Å². The molecule has 3 atom stereocenters. The van der Waals surface area contributed by atoms with Crippen LogP contribution < -0.4 is 0 Å². The number of carboxylic acids is 5. The molecule has 0 amide bonds. The third-order valence-electron chi connectivity index (χ3n) is 3.26. The predicted octanol–water partition coefficient (Wildman–Crippen LogP) is -1.84. The van der Waals surface area contributed by atoms with E-state index < -0.39 is 73.2 Å². The monoisotopic (exact) mass is 379 g/mol. The lowest BCUT2D eigenvalue weighted by Gasteiger charge is -2.36. The fourth-order valence-corrected chi connectivity index (χ4v) is 2.18. The first-order chi connectivity index (χ1) is 11.9. The number of methoxy groups -OCH3 is 1. The summed E-state index contributed by atoms with van der Waals surface area (Å²) in [5.74, 6) is -10.2. The summed E-state index contributed by atoms with van der Waals surface area (Å²) in [6.45, 7) is 0. The van der Waals surface area contributed by atoms with Gasteiger partial charge in [-0.2, -0.15) is 0 Å². The number of carboxylic acid groups (broad SMARTS) is 5. The number of carbonyl (C=O) groups is 6. The normalized spacial score (nSPS) is 14.1. The van der Waals surface area contributed by atoms with Crippen LogP contribution >= 0.6 is 0 Å². The average Bonchev–Trinajstić information content (AvgIpc) is 2.50. The molecule has 0 radical (unpaired) electrons. The van der Waals surface area contributed by atoms with Gasteiger partial charge in [-0.25, -0.2) is 0 Å². The Balaban J connectivity index is 6.32. The maximum absolute atomic E-state index is 11.5. The third kappa shape index (κ3) is 6.72. The molecule has 26 heavy (non-hydrogen) atoms. The number of nitrogens with zero attached hydrogens (tertiary/aromatic N) is 1. The Bertz CT molecular complexity index is 566. The Morgan fingerprint density at radius 1 is 0.692 bits per heavy atom. The maximum Gasteiger partial charge on any atom is 0.321 e. The van der Waals surface area contributed by atoms with E-state index in [1.165, 1.54) is 0 Å². The van der Waals surface area contributed by atoms with Crippen LogP contribution in [0.25, 0.3) is 0 Å². The minimum absolute atomic E-state index is 0.173. The smallest absolute Gasteiger partial charge is 0.321 e. The fraction of sp³-hybridized carbons (Fsp3) is 0.538. The van der Waals surface area contributed by atoms with Gasteiger partial charge in [-0.15, -0.1) is 0 Å². The zero-order chi connectivity index (χ0) is 20.6. The van der Waals surface area contributed by atoms with Crippen LogP contribution in [0.2, 0.25) is 0 Å². The van der Waals surface area contributed by atoms with E-state index in [2.05, 4.69) is 4.74 Å². The molecule has 0 fully saturated rings. The quantitative estimate of drug-likeness (QED) is 0.236. The van der Waals surface area contributed by atoms with Gasteiger partial charge in [0.15, 0.2) is 0 Å². The molecule has 0 rings (SSSR count). The van der Waals surface area contributed by atoms with Gasteiger partial charge in [-0.3, -0.25) is 33.7 Å². The van der Waals surface area contributed by atoms with Gasteiger partial charge >= 0.3 is 35.8 Å². The van der Waals surface area contributed by atoms with Crippen LogP contribution in [-0.2, 0) is 33.5 Å². The van der Waals surface area contributed by atoms with E-state index >= 15 is 0 Å². The Morgan fingerprint density at radius 3 is 1.23 bits per heavy atom. The molecular formula is C13H17NO12. The molecular weight excluding hydrogens is 362 g/mol. The highest BCUT2D eigenvalue weighted by molar-refractivity contribution is 5.88. The lowest BCUT2D eigenvalue weighted by atomic mass is 10.0. The van der Waals surface area contributed by atoms with Crippen LogP contribution in [0.1, 0.15) is 19.3 Å². The summed E-state index contributed by atoms with van der Waals surface area (Å²) in [6, 6.07) is -6.60. The molecule has 13 nitrogen and oxygen atoms in total. The van der Waals surface area contributed by atoms with Gasteiger partial charge < -0.3 is 30.3 Å². The van der Waals surface area contributed by atoms with E-state index in [-0.39, 0.29) is 4.90 Å². The summed E-state index contributed by atoms with van der Waals surface area (Å²) < 4.78 is 4.27. The van der Waals surface area contributed by atoms with Crippen molar-refractivity contribution in [1.29, 1.82) is 0 Å². The van der Waals surface area contributed by atoms with Crippen LogP contribution in [0.5, 0.6) is 0 Å². The van der Waals surface area contributed by atoms with Crippen molar-refractivity contribution in [3.63, 3.8) is 0 Å². The van der Waals surface area contributed by atoms with Crippen molar-refractivity contribution in [3.8, 4) is 0 Å². The summed E-state index contributed by atoms with van der Waals surface area (Å²) in [6.07, 6.45) is -3.49. The van der Waals surface area contributed by atoms with Gasteiger partial charge in [0.2, 0.25) is 0 Å². The Kier molecular flexibility index (Phi) is 8.70. The highest BCUT2D eigenvalue weighted by Gasteiger charge is 2.45. The highest BCUT2D eigenvalue weighted by atomic mass is 16.5. The van der Waals surface area contributed by atoms with Crippen molar-refractivity contribution < 1.29 is 59.0 Å². The largest absolute Gasteiger partial charge is 0.481 e. The average molecular weight is 379 g/mol. The second-order valence-electron chi connectivity index (χ2n) is 4.99. The molecule has 0 aliphatic heterocycles. The van der Waals surface area contributed by atoms with Crippen molar-refractivity contribution in [3.05, 3.63) is 0 Å². The second-order valence-corrected chi connectivity index (χ2v) is 4.99. The molecule has 0 saturated heterocycles. The van der Waals surface area contributed by atoms with E-state index in [0.717, 1.165) is 7.11 Å². The Morgan fingerprint density at radius 2 is 1.00 bits per heavy atom. The zero-order valence-corrected chi connectivity index (χ0v) is 13.4. The number of esters is 1. The number of hydrogen-bond acceptors (Lipinski definition) is 8. The van der Waals surface area contributed by atoms with Crippen LogP contribution in [-0.4, -0.2) is 91.5 Å². The molecule has 0 saturated carbocycles. The standard InChI is InChI=1S/C13H17NO12/c1-26-10(19)4-7(13(24)25)14(5(11(20)21)2-8(15)16)6(12(22)23)3-9(17)18/h5-7H,2-4H2,1H3,(H,15,16)(H,17,18)(H,20,21)(H,22,23)(H,24,25). The van der Waals surface area contributed by atoms with Gasteiger partial charge in [-0.05, 0) is 0 Å². The van der Waals surface area contributed by atoms with Gasteiger partial charge in [0.05, 0.1) is 26.4 Å². The molecule has 146 valence electrons. The molecule has 0 aromatic heterocycles. The molecule has 0 aromatic carbocycles. The molecule has 0 spiro atoms. The summed E-state index contributed by atoms with van der Waals surface area (Å²) in [4.78, 5) is 67.7. The van der Waals surface area contributed by atoms with Crippen molar-refractivity contribution in [2.45, 2.75) is 37.4 Å². The molecule has 3 unspecified atom stereocenters. The van der Waals surface area contributed by atoms with Crippen LogP contribution in [0, 0.1) is 0 Å². The van der Waals surface area contributed by atoms with E-state index in [1.807, 2.05) is 0 Å².